The molecule has 0 aliphatic heterocycles. The number of allylic oxidation sites excluding steroid dienone is 1. The molecule has 0 fully saturated rings. The predicted octanol–water partition coefficient (Wildman–Crippen LogP) is 1.36. The molecule has 0 radical (unpaired) electrons. The molecule has 0 aromatic rings. The van der Waals surface area contributed by atoms with Gasteiger partial charge in [0.15, 0.2) is 5.71 Å². The van der Waals surface area contributed by atoms with E-state index >= 15 is 0 Å². The summed E-state index contributed by atoms with van der Waals surface area (Å²) < 4.78 is 9.62. The van der Waals surface area contributed by atoms with Gasteiger partial charge in [-0.05, 0) is 19.7 Å². The van der Waals surface area contributed by atoms with Gasteiger partial charge in [-0.25, -0.2) is 4.79 Å². The predicted molar refractivity (Wildman–Crippen MR) is 63.8 cm³/mol. The maximum Gasteiger partial charge on any atom is 0.356 e. The van der Waals surface area contributed by atoms with Gasteiger partial charge in [-0.1, -0.05) is 0 Å². The summed E-state index contributed by atoms with van der Waals surface area (Å²) in [5, 5.41) is 0. The first-order valence-electron chi connectivity index (χ1n) is 4.70. The molecule has 0 amide bonds. The Morgan fingerprint density at radius 1 is 1.50 bits per heavy atom. The molecule has 0 aromatic heterocycles. The zero-order chi connectivity index (χ0) is 12.4. The Morgan fingerprint density at radius 2 is 2.19 bits per heavy atom. The van der Waals surface area contributed by atoms with Crippen molar-refractivity contribution in [1.82, 2.24) is 0 Å². The van der Waals surface area contributed by atoms with Crippen molar-refractivity contribution < 1.29 is 14.3 Å². The largest absolute Gasteiger partial charge is 0.501 e. The average Bonchev–Trinajstić information content (AvgIpc) is 2.30. The SMILES string of the molecule is C=N/C=C(/C=C/OCC)C(=NC)C(=O)OC. The Hall–Kier alpha value is -1.91. The van der Waals surface area contributed by atoms with Crippen LogP contribution in [0.25, 0.3) is 0 Å². The van der Waals surface area contributed by atoms with Crippen molar-refractivity contribution in [2.75, 3.05) is 20.8 Å². The second-order valence-electron chi connectivity index (χ2n) is 2.59. The highest BCUT2D eigenvalue weighted by Gasteiger charge is 2.14. The maximum atomic E-state index is 11.4. The van der Waals surface area contributed by atoms with E-state index in [0.29, 0.717) is 12.2 Å². The Balaban J connectivity index is 4.97. The van der Waals surface area contributed by atoms with E-state index in [1.54, 1.807) is 6.08 Å². The summed E-state index contributed by atoms with van der Waals surface area (Å²) in [5.74, 6) is -0.529. The first-order chi connectivity index (χ1) is 7.71. The van der Waals surface area contributed by atoms with Crippen molar-refractivity contribution in [2.45, 2.75) is 6.92 Å². The molecular weight excluding hydrogens is 208 g/mol. The average molecular weight is 224 g/mol. The summed E-state index contributed by atoms with van der Waals surface area (Å²) >= 11 is 0. The van der Waals surface area contributed by atoms with Gasteiger partial charge < -0.3 is 9.47 Å². The number of nitrogens with zero attached hydrogens (tertiary/aromatic N) is 2. The van der Waals surface area contributed by atoms with Gasteiger partial charge in [-0.15, -0.1) is 0 Å². The van der Waals surface area contributed by atoms with E-state index in [0.717, 1.165) is 0 Å². The normalized spacial score (nSPS) is 12.7. The standard InChI is InChI=1S/C11H16N2O3/c1-5-16-7-6-9(8-12-2)10(13-3)11(14)15-4/h6-8H,2,5H2,1,3-4H3/b7-6+,9-8-,13-10?. The zero-order valence-electron chi connectivity index (χ0n) is 9.77. The van der Waals surface area contributed by atoms with Crippen LogP contribution in [0.2, 0.25) is 0 Å². The molecule has 0 unspecified atom stereocenters. The van der Waals surface area contributed by atoms with Crippen LogP contribution in [0.5, 0.6) is 0 Å². The van der Waals surface area contributed by atoms with Crippen LogP contribution in [0.4, 0.5) is 0 Å². The van der Waals surface area contributed by atoms with Gasteiger partial charge in [0.2, 0.25) is 0 Å². The minimum atomic E-state index is -0.529. The van der Waals surface area contributed by atoms with E-state index in [9.17, 15) is 4.79 Å². The highest BCUT2D eigenvalue weighted by atomic mass is 16.5. The number of rotatable bonds is 6. The molecule has 0 atom stereocenters. The summed E-state index contributed by atoms with van der Waals surface area (Å²) in [6, 6.07) is 0. The fourth-order valence-corrected chi connectivity index (χ4v) is 0.934. The van der Waals surface area contributed by atoms with Crippen LogP contribution < -0.4 is 0 Å². The molecule has 0 rings (SSSR count). The Kier molecular flexibility index (Phi) is 7.40. The number of ether oxygens (including phenoxy) is 2. The molecule has 0 aliphatic carbocycles. The Labute approximate surface area is 95.2 Å². The summed E-state index contributed by atoms with van der Waals surface area (Å²) in [6.45, 7) is 5.72. The minimum Gasteiger partial charge on any atom is -0.501 e. The Morgan fingerprint density at radius 3 is 2.62 bits per heavy atom. The summed E-state index contributed by atoms with van der Waals surface area (Å²) in [5.41, 5.74) is 0.656. The monoisotopic (exact) mass is 224 g/mol. The van der Waals surface area contributed by atoms with Gasteiger partial charge in [0, 0.05) is 18.8 Å². The van der Waals surface area contributed by atoms with E-state index in [4.69, 9.17) is 4.74 Å². The van der Waals surface area contributed by atoms with Crippen LogP contribution >= 0.6 is 0 Å². The lowest BCUT2D eigenvalue weighted by molar-refractivity contribution is -0.132. The molecule has 5 heteroatoms. The van der Waals surface area contributed by atoms with Crippen molar-refractivity contribution in [1.29, 1.82) is 0 Å². The van der Waals surface area contributed by atoms with Gasteiger partial charge in [0.05, 0.1) is 20.0 Å². The molecule has 0 saturated carbocycles. The first kappa shape index (κ1) is 14.1. The molecule has 16 heavy (non-hydrogen) atoms. The second-order valence-corrected chi connectivity index (χ2v) is 2.59. The van der Waals surface area contributed by atoms with Crippen molar-refractivity contribution in [3.05, 3.63) is 24.1 Å². The maximum absolute atomic E-state index is 11.4. The summed E-state index contributed by atoms with van der Waals surface area (Å²) in [6.07, 6.45) is 4.46. The summed E-state index contributed by atoms with van der Waals surface area (Å²) in [7, 11) is 2.79. The number of carbonyl (C=O) groups excluding carboxylic acids is 1. The number of hydrogen-bond acceptors (Lipinski definition) is 5. The molecule has 0 aromatic carbocycles. The fourth-order valence-electron chi connectivity index (χ4n) is 0.934. The highest BCUT2D eigenvalue weighted by Crippen LogP contribution is 2.04. The number of hydrogen-bond donors (Lipinski definition) is 0. The second kappa shape index (κ2) is 8.40. The Bertz CT molecular complexity index is 330. The van der Waals surface area contributed by atoms with Gasteiger partial charge in [-0.2, -0.15) is 0 Å². The van der Waals surface area contributed by atoms with Gasteiger partial charge in [-0.3, -0.25) is 9.98 Å². The molecule has 0 N–H and O–H groups in total. The van der Waals surface area contributed by atoms with Crippen molar-refractivity contribution in [3.63, 3.8) is 0 Å². The highest BCUT2D eigenvalue weighted by molar-refractivity contribution is 6.43. The first-order valence-corrected chi connectivity index (χ1v) is 4.70. The van der Waals surface area contributed by atoms with E-state index in [2.05, 4.69) is 21.4 Å². The lowest BCUT2D eigenvalue weighted by Crippen LogP contribution is -2.17. The molecule has 0 spiro atoms. The van der Waals surface area contributed by atoms with E-state index in [1.165, 1.54) is 26.6 Å². The zero-order valence-corrected chi connectivity index (χ0v) is 9.77. The molecule has 0 heterocycles. The quantitative estimate of drug-likeness (QED) is 0.296. The smallest absolute Gasteiger partial charge is 0.356 e. The third-order valence-corrected chi connectivity index (χ3v) is 1.62. The van der Waals surface area contributed by atoms with Crippen LogP contribution in [0.1, 0.15) is 6.92 Å². The molecule has 0 bridgehead atoms. The van der Waals surface area contributed by atoms with Crippen LogP contribution in [0.15, 0.2) is 34.1 Å². The minimum absolute atomic E-state index is 0.172. The van der Waals surface area contributed by atoms with E-state index < -0.39 is 5.97 Å². The fraction of sp³-hybridized carbons (Fsp3) is 0.364. The van der Waals surface area contributed by atoms with Gasteiger partial charge >= 0.3 is 5.97 Å². The lowest BCUT2D eigenvalue weighted by atomic mass is 10.1. The molecular formula is C11H16N2O3. The van der Waals surface area contributed by atoms with Crippen LogP contribution in [-0.4, -0.2) is 39.2 Å². The number of aliphatic imine (C=N–C) groups is 2. The number of carbonyl (C=O) groups is 1. The van der Waals surface area contributed by atoms with Gasteiger partial charge in [0.1, 0.15) is 0 Å². The van der Waals surface area contributed by atoms with E-state index in [-0.39, 0.29) is 5.71 Å². The third-order valence-electron chi connectivity index (χ3n) is 1.62. The van der Waals surface area contributed by atoms with Crippen molar-refractivity contribution in [3.8, 4) is 0 Å². The number of esters is 1. The topological polar surface area (TPSA) is 60.2 Å². The number of methoxy groups -OCH3 is 1. The van der Waals surface area contributed by atoms with Gasteiger partial charge in [0.25, 0.3) is 0 Å². The van der Waals surface area contributed by atoms with E-state index in [1.807, 2.05) is 6.92 Å². The van der Waals surface area contributed by atoms with Crippen molar-refractivity contribution in [2.24, 2.45) is 9.98 Å². The third kappa shape index (κ3) is 4.54. The molecule has 5 nitrogen and oxygen atoms in total. The molecule has 0 aliphatic rings. The van der Waals surface area contributed by atoms with Crippen LogP contribution in [-0.2, 0) is 14.3 Å². The van der Waals surface area contributed by atoms with Crippen molar-refractivity contribution >= 4 is 18.4 Å². The summed E-state index contributed by atoms with van der Waals surface area (Å²) in [4.78, 5) is 18.8. The molecule has 0 saturated heterocycles. The van der Waals surface area contributed by atoms with Crippen LogP contribution in [0, 0.1) is 0 Å². The lowest BCUT2D eigenvalue weighted by Gasteiger charge is -2.03. The molecule has 88 valence electrons. The van der Waals surface area contributed by atoms with Crippen LogP contribution in [0.3, 0.4) is 0 Å².